The average Bonchev–Trinajstić information content (AvgIpc) is 3.59. The highest BCUT2D eigenvalue weighted by molar-refractivity contribution is 6.11. The summed E-state index contributed by atoms with van der Waals surface area (Å²) in [6, 6.07) is 11.0. The smallest absolute Gasteiger partial charge is 0.276 e. The van der Waals surface area contributed by atoms with Crippen LogP contribution in [0.3, 0.4) is 0 Å². The van der Waals surface area contributed by atoms with Crippen molar-refractivity contribution in [3.05, 3.63) is 60.7 Å². The Morgan fingerprint density at radius 3 is 2.59 bits per heavy atom. The Kier molecular flexibility index (Phi) is 5.67. The number of hydrogen-bond acceptors (Lipinski definition) is 6. The van der Waals surface area contributed by atoms with Crippen molar-refractivity contribution in [1.82, 2.24) is 20.2 Å². The van der Waals surface area contributed by atoms with Gasteiger partial charge >= 0.3 is 0 Å². The first-order valence-corrected chi connectivity index (χ1v) is 11.1. The lowest BCUT2D eigenvalue weighted by Gasteiger charge is -2.09. The number of nitrogens with one attached hydrogen (secondary N) is 3. The van der Waals surface area contributed by atoms with Crippen LogP contribution in [-0.2, 0) is 4.79 Å². The number of aromatic nitrogens is 4. The van der Waals surface area contributed by atoms with E-state index in [1.807, 2.05) is 38.1 Å². The van der Waals surface area contributed by atoms with Crippen LogP contribution in [0.25, 0.3) is 22.0 Å². The zero-order chi connectivity index (χ0) is 23.7. The summed E-state index contributed by atoms with van der Waals surface area (Å²) in [4.78, 5) is 33.5. The van der Waals surface area contributed by atoms with Crippen LogP contribution in [0.1, 0.15) is 37.2 Å². The molecule has 0 unspecified atom stereocenters. The minimum atomic E-state index is -0.355. The first-order chi connectivity index (χ1) is 16.5. The number of H-pyrrole nitrogens is 1. The molecule has 1 fully saturated rings. The molecule has 1 aliphatic rings. The van der Waals surface area contributed by atoms with Gasteiger partial charge in [-0.2, -0.15) is 5.10 Å². The van der Waals surface area contributed by atoms with Crippen LogP contribution < -0.4 is 15.4 Å². The maximum atomic E-state index is 12.9. The largest absolute Gasteiger partial charge is 0.475 e. The molecule has 1 aliphatic carbocycles. The van der Waals surface area contributed by atoms with E-state index in [4.69, 9.17) is 4.74 Å². The Balaban J connectivity index is 1.37. The molecule has 3 heterocycles. The predicted octanol–water partition coefficient (Wildman–Crippen LogP) is 4.41. The zero-order valence-corrected chi connectivity index (χ0v) is 18.8. The molecule has 5 rings (SSSR count). The van der Waals surface area contributed by atoms with Crippen molar-refractivity contribution in [3.8, 4) is 17.0 Å². The van der Waals surface area contributed by atoms with E-state index in [2.05, 4.69) is 30.8 Å². The number of ether oxygens (including phenoxy) is 1. The second kappa shape index (κ2) is 8.93. The van der Waals surface area contributed by atoms with Crippen molar-refractivity contribution in [3.63, 3.8) is 0 Å². The number of fused-ring (bicyclic) bond motifs is 1. The number of carbonyl (C=O) groups excluding carboxylic acids is 2. The number of benzene rings is 1. The quantitative estimate of drug-likeness (QED) is 0.379. The standard InChI is InChI=1S/C25H24N6O3/c1-14(2)34-22-8-6-18(13-27-22)28-25(33)23-20-10-16(5-7-21(20)30-31-23)17-9-19(12-26-11-17)29-24(32)15-3-4-15/h5-15H,3-4H2,1-2H3,(H,28,33)(H,29,32)(H,30,31). The van der Waals surface area contributed by atoms with Crippen LogP contribution in [0.5, 0.6) is 5.88 Å². The number of carbonyl (C=O) groups is 2. The number of hydrogen-bond donors (Lipinski definition) is 3. The molecule has 34 heavy (non-hydrogen) atoms. The molecule has 0 bridgehead atoms. The summed E-state index contributed by atoms with van der Waals surface area (Å²) in [5, 5.41) is 13.5. The summed E-state index contributed by atoms with van der Waals surface area (Å²) in [6.45, 7) is 3.84. The van der Waals surface area contributed by atoms with Crippen LogP contribution in [0.15, 0.2) is 55.0 Å². The first-order valence-electron chi connectivity index (χ1n) is 11.1. The molecule has 0 saturated heterocycles. The van der Waals surface area contributed by atoms with Crippen molar-refractivity contribution in [2.24, 2.45) is 5.92 Å². The second-order valence-corrected chi connectivity index (χ2v) is 8.56. The Hall–Kier alpha value is -4.27. The summed E-state index contributed by atoms with van der Waals surface area (Å²) < 4.78 is 5.53. The fourth-order valence-electron chi connectivity index (χ4n) is 3.58. The Morgan fingerprint density at radius 2 is 1.85 bits per heavy atom. The Labute approximate surface area is 196 Å². The molecule has 172 valence electrons. The van der Waals surface area contributed by atoms with E-state index >= 15 is 0 Å². The first kappa shape index (κ1) is 21.6. The van der Waals surface area contributed by atoms with Crippen molar-refractivity contribution in [1.29, 1.82) is 0 Å². The van der Waals surface area contributed by atoms with Gasteiger partial charge in [0.2, 0.25) is 11.8 Å². The van der Waals surface area contributed by atoms with Gasteiger partial charge in [-0.25, -0.2) is 4.98 Å². The van der Waals surface area contributed by atoms with E-state index in [1.165, 1.54) is 0 Å². The van der Waals surface area contributed by atoms with Crippen molar-refractivity contribution < 1.29 is 14.3 Å². The van der Waals surface area contributed by atoms with Crippen LogP contribution in [-0.4, -0.2) is 38.1 Å². The number of aromatic amines is 1. The van der Waals surface area contributed by atoms with E-state index in [1.54, 1.807) is 30.7 Å². The van der Waals surface area contributed by atoms with Gasteiger partial charge in [-0.1, -0.05) is 6.07 Å². The number of pyridine rings is 2. The summed E-state index contributed by atoms with van der Waals surface area (Å²) in [7, 11) is 0. The normalized spacial score (nSPS) is 13.1. The summed E-state index contributed by atoms with van der Waals surface area (Å²) in [6.07, 6.45) is 6.79. The lowest BCUT2D eigenvalue weighted by atomic mass is 10.0. The van der Waals surface area contributed by atoms with Gasteiger partial charge < -0.3 is 15.4 Å². The monoisotopic (exact) mass is 456 g/mol. The Morgan fingerprint density at radius 1 is 1.00 bits per heavy atom. The van der Waals surface area contributed by atoms with Crippen molar-refractivity contribution in [2.75, 3.05) is 10.6 Å². The van der Waals surface area contributed by atoms with Gasteiger partial charge in [0.25, 0.3) is 5.91 Å². The molecule has 0 aliphatic heterocycles. The highest BCUT2D eigenvalue weighted by Gasteiger charge is 2.29. The van der Waals surface area contributed by atoms with Gasteiger partial charge in [0.05, 0.1) is 35.4 Å². The molecule has 4 aromatic rings. The van der Waals surface area contributed by atoms with Crippen molar-refractivity contribution in [2.45, 2.75) is 32.8 Å². The van der Waals surface area contributed by atoms with Gasteiger partial charge in [0, 0.05) is 29.1 Å². The lowest BCUT2D eigenvalue weighted by Crippen LogP contribution is -2.13. The third-order valence-corrected chi connectivity index (χ3v) is 5.42. The molecular formula is C25H24N6O3. The fourth-order valence-corrected chi connectivity index (χ4v) is 3.58. The second-order valence-electron chi connectivity index (χ2n) is 8.56. The highest BCUT2D eigenvalue weighted by atomic mass is 16.5. The van der Waals surface area contributed by atoms with E-state index in [-0.39, 0.29) is 29.5 Å². The molecule has 2 amide bonds. The minimum Gasteiger partial charge on any atom is -0.475 e. The molecule has 0 spiro atoms. The van der Waals surface area contributed by atoms with E-state index in [0.29, 0.717) is 22.6 Å². The van der Waals surface area contributed by atoms with E-state index in [9.17, 15) is 9.59 Å². The molecular weight excluding hydrogens is 432 g/mol. The topological polar surface area (TPSA) is 122 Å². The maximum absolute atomic E-state index is 12.9. The van der Waals surface area contributed by atoms with Gasteiger partial charge in [0.1, 0.15) is 0 Å². The third-order valence-electron chi connectivity index (χ3n) is 5.42. The van der Waals surface area contributed by atoms with Crippen LogP contribution in [0.2, 0.25) is 0 Å². The number of rotatable bonds is 7. The zero-order valence-electron chi connectivity index (χ0n) is 18.8. The molecule has 0 atom stereocenters. The molecule has 9 nitrogen and oxygen atoms in total. The molecule has 1 aromatic carbocycles. The van der Waals surface area contributed by atoms with Crippen LogP contribution >= 0.6 is 0 Å². The Bertz CT molecular complexity index is 1360. The third kappa shape index (κ3) is 4.73. The number of amides is 2. The lowest BCUT2D eigenvalue weighted by molar-refractivity contribution is -0.117. The molecule has 3 aromatic heterocycles. The summed E-state index contributed by atoms with van der Waals surface area (Å²) in [5.74, 6) is 0.279. The van der Waals surface area contributed by atoms with Gasteiger partial charge in [0.15, 0.2) is 5.69 Å². The SMILES string of the molecule is CC(C)Oc1ccc(NC(=O)c2n[nH]c3ccc(-c4cncc(NC(=O)C5CC5)c4)cc23)cn1. The van der Waals surface area contributed by atoms with E-state index in [0.717, 1.165) is 29.5 Å². The number of nitrogens with zero attached hydrogens (tertiary/aromatic N) is 3. The van der Waals surface area contributed by atoms with Crippen LogP contribution in [0, 0.1) is 5.92 Å². The molecule has 0 radical (unpaired) electrons. The number of anilines is 2. The van der Waals surface area contributed by atoms with Gasteiger partial charge in [-0.05, 0) is 56.5 Å². The molecule has 9 heteroatoms. The molecule has 3 N–H and O–H groups in total. The molecule has 1 saturated carbocycles. The van der Waals surface area contributed by atoms with E-state index < -0.39 is 0 Å². The minimum absolute atomic E-state index is 0.0166. The average molecular weight is 457 g/mol. The van der Waals surface area contributed by atoms with Gasteiger partial charge in [-0.3, -0.25) is 19.7 Å². The maximum Gasteiger partial charge on any atom is 0.276 e. The summed E-state index contributed by atoms with van der Waals surface area (Å²) >= 11 is 0. The van der Waals surface area contributed by atoms with Crippen molar-refractivity contribution >= 4 is 34.1 Å². The van der Waals surface area contributed by atoms with Crippen LogP contribution in [0.4, 0.5) is 11.4 Å². The predicted molar refractivity (Wildman–Crippen MR) is 129 cm³/mol. The highest BCUT2D eigenvalue weighted by Crippen LogP contribution is 2.31. The summed E-state index contributed by atoms with van der Waals surface area (Å²) in [5.41, 5.74) is 3.88. The van der Waals surface area contributed by atoms with Gasteiger partial charge in [-0.15, -0.1) is 0 Å². The fraction of sp³-hybridized carbons (Fsp3) is 0.240.